The summed E-state index contributed by atoms with van der Waals surface area (Å²) in [5.41, 5.74) is 4.34. The summed E-state index contributed by atoms with van der Waals surface area (Å²) in [5.74, 6) is -1.95. The van der Waals surface area contributed by atoms with Crippen LogP contribution in [0.2, 0.25) is 0 Å². The van der Waals surface area contributed by atoms with Crippen molar-refractivity contribution in [3.63, 3.8) is 0 Å². The van der Waals surface area contributed by atoms with E-state index in [1.807, 2.05) is 0 Å². The smallest absolute Gasteiger partial charge is 0.335 e. The summed E-state index contributed by atoms with van der Waals surface area (Å²) in [6.07, 6.45) is 0. The summed E-state index contributed by atoms with van der Waals surface area (Å²) in [6, 6.07) is 2.97. The van der Waals surface area contributed by atoms with Crippen molar-refractivity contribution in [1.29, 1.82) is 0 Å². The minimum Gasteiger partial charge on any atom is -0.478 e. The molecule has 1 amide bonds. The number of hydrogen-bond donors (Lipinski definition) is 3. The maximum absolute atomic E-state index is 11.6. The number of carbonyl (C=O) groups is 2. The van der Waals surface area contributed by atoms with Gasteiger partial charge in [-0.1, -0.05) is 0 Å². The highest BCUT2D eigenvalue weighted by Crippen LogP contribution is 2.17. The molecule has 1 rings (SSSR count). The van der Waals surface area contributed by atoms with Crippen molar-refractivity contribution in [1.82, 2.24) is 5.32 Å². The Kier molecular flexibility index (Phi) is 4.33. The van der Waals surface area contributed by atoms with E-state index in [0.29, 0.717) is 0 Å². The van der Waals surface area contributed by atoms with Gasteiger partial charge in [-0.05, 0) is 6.07 Å². The number of nitrogens with two attached hydrogens (primary N) is 1. The van der Waals surface area contributed by atoms with E-state index in [2.05, 4.69) is 5.32 Å². The molecule has 0 fully saturated rings. The van der Waals surface area contributed by atoms with Crippen molar-refractivity contribution in [3.05, 3.63) is 39.4 Å². The molecular formula is C10H11N3O5. The second-order valence-electron chi connectivity index (χ2n) is 3.38. The van der Waals surface area contributed by atoms with Crippen LogP contribution in [0.4, 0.5) is 5.69 Å². The average molecular weight is 253 g/mol. The second kappa shape index (κ2) is 5.73. The second-order valence-corrected chi connectivity index (χ2v) is 3.38. The summed E-state index contributed by atoms with van der Waals surface area (Å²) in [7, 11) is 0. The molecule has 18 heavy (non-hydrogen) atoms. The van der Waals surface area contributed by atoms with Crippen LogP contribution >= 0.6 is 0 Å². The van der Waals surface area contributed by atoms with Crippen molar-refractivity contribution in [2.45, 2.75) is 0 Å². The fraction of sp³-hybridized carbons (Fsp3) is 0.200. The highest BCUT2D eigenvalue weighted by atomic mass is 16.6. The molecule has 8 heteroatoms. The van der Waals surface area contributed by atoms with Crippen molar-refractivity contribution in [2.75, 3.05) is 13.1 Å². The van der Waals surface area contributed by atoms with Gasteiger partial charge in [-0.15, -0.1) is 0 Å². The Hall–Kier alpha value is -2.48. The van der Waals surface area contributed by atoms with E-state index < -0.39 is 22.5 Å². The lowest BCUT2D eigenvalue weighted by Gasteiger charge is -2.04. The van der Waals surface area contributed by atoms with E-state index in [4.69, 9.17) is 10.8 Å². The molecule has 0 unspecified atom stereocenters. The van der Waals surface area contributed by atoms with E-state index in [1.54, 1.807) is 0 Å². The number of non-ortho nitro benzene ring substituents is 1. The van der Waals surface area contributed by atoms with Gasteiger partial charge in [0.1, 0.15) is 0 Å². The van der Waals surface area contributed by atoms with Crippen LogP contribution in [0.25, 0.3) is 0 Å². The molecule has 0 aliphatic rings. The number of carboxylic acids is 1. The maximum Gasteiger partial charge on any atom is 0.335 e. The number of amides is 1. The van der Waals surface area contributed by atoms with Crippen LogP contribution in [-0.4, -0.2) is 35.0 Å². The lowest BCUT2D eigenvalue weighted by molar-refractivity contribution is -0.384. The fourth-order valence-corrected chi connectivity index (χ4v) is 1.26. The number of carbonyl (C=O) groups excluding carboxylic acids is 1. The molecule has 1 aromatic rings. The predicted molar refractivity (Wildman–Crippen MR) is 61.4 cm³/mol. The third kappa shape index (κ3) is 3.25. The van der Waals surface area contributed by atoms with Crippen LogP contribution in [-0.2, 0) is 0 Å². The van der Waals surface area contributed by atoms with Gasteiger partial charge in [0.05, 0.1) is 10.5 Å². The molecule has 0 bridgehead atoms. The van der Waals surface area contributed by atoms with Gasteiger partial charge in [-0.3, -0.25) is 14.9 Å². The number of benzene rings is 1. The molecule has 96 valence electrons. The van der Waals surface area contributed by atoms with E-state index in [0.717, 1.165) is 18.2 Å². The van der Waals surface area contributed by atoms with Gasteiger partial charge in [0.25, 0.3) is 11.6 Å². The first-order chi connectivity index (χ1) is 8.45. The molecule has 0 saturated heterocycles. The average Bonchev–Trinajstić information content (AvgIpc) is 2.35. The Morgan fingerprint density at radius 1 is 1.33 bits per heavy atom. The summed E-state index contributed by atoms with van der Waals surface area (Å²) < 4.78 is 0. The highest BCUT2D eigenvalue weighted by Gasteiger charge is 2.17. The number of nitro groups is 1. The number of nitrogens with zero attached hydrogens (tertiary/aromatic N) is 1. The first kappa shape index (κ1) is 13.6. The minimum absolute atomic E-state index is 0.0879. The first-order valence-electron chi connectivity index (χ1n) is 4.96. The van der Waals surface area contributed by atoms with Crippen LogP contribution < -0.4 is 11.1 Å². The molecule has 0 aliphatic heterocycles. The molecule has 0 atom stereocenters. The lowest BCUT2D eigenvalue weighted by atomic mass is 10.1. The zero-order valence-electron chi connectivity index (χ0n) is 9.25. The molecule has 0 spiro atoms. The summed E-state index contributed by atoms with van der Waals surface area (Å²) in [5, 5.41) is 21.8. The quantitative estimate of drug-likeness (QED) is 0.498. The standard InChI is InChI=1S/C10H11N3O5/c11-1-2-12-9(14)6-3-7(10(15)16)5-8(4-6)13(17)18/h3-5H,1-2,11H2,(H,12,14)(H,15,16). The van der Waals surface area contributed by atoms with Crippen LogP contribution in [0.3, 0.4) is 0 Å². The Morgan fingerprint density at radius 3 is 2.44 bits per heavy atom. The number of nitrogens with one attached hydrogen (secondary N) is 1. The number of hydrogen-bond acceptors (Lipinski definition) is 5. The molecule has 8 nitrogen and oxygen atoms in total. The van der Waals surface area contributed by atoms with Crippen molar-refractivity contribution < 1.29 is 19.6 Å². The predicted octanol–water partition coefficient (Wildman–Crippen LogP) is -0.0185. The van der Waals surface area contributed by atoms with Crippen LogP contribution in [0.5, 0.6) is 0 Å². The lowest BCUT2D eigenvalue weighted by Crippen LogP contribution is -2.29. The summed E-state index contributed by atoms with van der Waals surface area (Å²) >= 11 is 0. The van der Waals surface area contributed by atoms with Gasteiger partial charge in [0, 0.05) is 30.8 Å². The minimum atomic E-state index is -1.34. The van der Waals surface area contributed by atoms with E-state index in [-0.39, 0.29) is 24.2 Å². The SMILES string of the molecule is NCCNC(=O)c1cc(C(=O)O)cc([N+](=O)[O-])c1. The zero-order valence-corrected chi connectivity index (χ0v) is 9.25. The first-order valence-corrected chi connectivity index (χ1v) is 4.96. The number of carboxylic acid groups (broad SMARTS) is 1. The van der Waals surface area contributed by atoms with Crippen LogP contribution in [0.15, 0.2) is 18.2 Å². The molecule has 0 heterocycles. The molecular weight excluding hydrogens is 242 g/mol. The van der Waals surface area contributed by atoms with E-state index in [9.17, 15) is 19.7 Å². The van der Waals surface area contributed by atoms with E-state index in [1.165, 1.54) is 0 Å². The highest BCUT2D eigenvalue weighted by molar-refractivity contribution is 5.98. The van der Waals surface area contributed by atoms with Gasteiger partial charge < -0.3 is 16.2 Å². The van der Waals surface area contributed by atoms with Crippen LogP contribution in [0, 0.1) is 10.1 Å². The van der Waals surface area contributed by atoms with Gasteiger partial charge >= 0.3 is 5.97 Å². The number of rotatable bonds is 5. The third-order valence-corrected chi connectivity index (χ3v) is 2.07. The number of aromatic carboxylic acids is 1. The normalized spacial score (nSPS) is 9.83. The van der Waals surface area contributed by atoms with Crippen molar-refractivity contribution in [3.8, 4) is 0 Å². The fourth-order valence-electron chi connectivity index (χ4n) is 1.26. The maximum atomic E-state index is 11.6. The Labute approximate surface area is 102 Å². The molecule has 0 aromatic heterocycles. The molecule has 0 aliphatic carbocycles. The number of nitro benzene ring substituents is 1. The zero-order chi connectivity index (χ0) is 13.7. The van der Waals surface area contributed by atoms with Crippen LogP contribution in [0.1, 0.15) is 20.7 Å². The molecule has 4 N–H and O–H groups in total. The van der Waals surface area contributed by atoms with Gasteiger partial charge in [0.15, 0.2) is 0 Å². The van der Waals surface area contributed by atoms with Gasteiger partial charge in [-0.2, -0.15) is 0 Å². The monoisotopic (exact) mass is 253 g/mol. The third-order valence-electron chi connectivity index (χ3n) is 2.07. The molecule has 1 aromatic carbocycles. The van der Waals surface area contributed by atoms with Gasteiger partial charge in [-0.25, -0.2) is 4.79 Å². The largest absolute Gasteiger partial charge is 0.478 e. The Bertz CT molecular complexity index is 468. The van der Waals surface area contributed by atoms with Gasteiger partial charge in [0.2, 0.25) is 0 Å². The summed E-state index contributed by atoms with van der Waals surface area (Å²) in [4.78, 5) is 32.2. The Balaban J connectivity index is 3.14. The van der Waals surface area contributed by atoms with E-state index >= 15 is 0 Å². The molecule has 0 saturated carbocycles. The Morgan fingerprint density at radius 2 is 1.94 bits per heavy atom. The van der Waals surface area contributed by atoms with Crippen molar-refractivity contribution in [2.24, 2.45) is 5.73 Å². The topological polar surface area (TPSA) is 136 Å². The van der Waals surface area contributed by atoms with Crippen molar-refractivity contribution >= 4 is 17.6 Å². The molecule has 0 radical (unpaired) electrons. The summed E-state index contributed by atoms with van der Waals surface area (Å²) in [6.45, 7) is 0.413.